The van der Waals surface area contributed by atoms with Gasteiger partial charge in [0.2, 0.25) is 0 Å². The van der Waals surface area contributed by atoms with Crippen molar-refractivity contribution in [3.05, 3.63) is 57.8 Å². The van der Waals surface area contributed by atoms with Crippen LogP contribution in [0.4, 0.5) is 0 Å². The summed E-state index contributed by atoms with van der Waals surface area (Å²) in [6.07, 6.45) is 3.33. The van der Waals surface area contributed by atoms with E-state index in [0.29, 0.717) is 29.0 Å². The fourth-order valence-electron chi connectivity index (χ4n) is 2.27. The molecule has 1 aliphatic rings. The van der Waals surface area contributed by atoms with Gasteiger partial charge in [0.05, 0.1) is 11.3 Å². The molecule has 0 saturated heterocycles. The Kier molecular flexibility index (Phi) is 6.60. The Labute approximate surface area is 127 Å². The molecular formula is C16H15ClO4. The van der Waals surface area contributed by atoms with Gasteiger partial charge in [-0.2, -0.15) is 9.59 Å². The Morgan fingerprint density at radius 1 is 1.24 bits per heavy atom. The molecule has 0 heterocycles. The summed E-state index contributed by atoms with van der Waals surface area (Å²) in [5.41, 5.74) is 3.57. The molecule has 1 atom stereocenters. The summed E-state index contributed by atoms with van der Waals surface area (Å²) in [6.45, 7) is 2.04. The number of hydrogen-bond acceptors (Lipinski definition) is 4. The highest BCUT2D eigenvalue weighted by Gasteiger charge is 2.25. The Morgan fingerprint density at radius 2 is 1.81 bits per heavy atom. The first-order valence-electron chi connectivity index (χ1n) is 6.30. The lowest BCUT2D eigenvalue weighted by Gasteiger charge is -2.24. The molecule has 1 aromatic rings. The van der Waals surface area contributed by atoms with Crippen LogP contribution < -0.4 is 0 Å². The standard InChI is InChI=1S/C15H15ClO2.CO2/c1-10-2-4-11(5-3-10)12-6-13(8-17)15(16)14(7-12)9-18;2-1-3/h2-5,8-9,12,17H,6-7H2,1H3;/b13-8+;. The van der Waals surface area contributed by atoms with Crippen LogP contribution in [0.1, 0.15) is 29.9 Å². The predicted octanol–water partition coefficient (Wildman–Crippen LogP) is 3.42. The van der Waals surface area contributed by atoms with Gasteiger partial charge in [0.25, 0.3) is 0 Å². The summed E-state index contributed by atoms with van der Waals surface area (Å²) in [7, 11) is 0. The molecule has 5 heteroatoms. The van der Waals surface area contributed by atoms with Crippen LogP contribution >= 0.6 is 11.6 Å². The smallest absolute Gasteiger partial charge is 0.373 e. The van der Waals surface area contributed by atoms with E-state index in [9.17, 15) is 9.90 Å². The zero-order chi connectivity index (χ0) is 15.8. The number of aldehydes is 1. The van der Waals surface area contributed by atoms with Crippen LogP contribution in [0, 0.1) is 6.92 Å². The van der Waals surface area contributed by atoms with E-state index in [2.05, 4.69) is 24.3 Å². The largest absolute Gasteiger partial charge is 0.515 e. The third-order valence-corrected chi connectivity index (χ3v) is 3.83. The number of aliphatic hydroxyl groups excluding tert-OH is 1. The predicted molar refractivity (Wildman–Crippen MR) is 77.8 cm³/mol. The molecule has 1 N–H and O–H groups in total. The second-order valence-corrected chi connectivity index (χ2v) is 5.09. The molecule has 0 fully saturated rings. The number of aryl methyl sites for hydroxylation is 1. The number of rotatable bonds is 2. The molecular weight excluding hydrogens is 292 g/mol. The first-order chi connectivity index (χ1) is 10.1. The zero-order valence-electron chi connectivity index (χ0n) is 11.5. The van der Waals surface area contributed by atoms with Gasteiger partial charge in [-0.3, -0.25) is 4.79 Å². The quantitative estimate of drug-likeness (QED) is 0.671. The van der Waals surface area contributed by atoms with Crippen LogP contribution in [0.5, 0.6) is 0 Å². The van der Waals surface area contributed by atoms with Crippen LogP contribution in [0.2, 0.25) is 0 Å². The van der Waals surface area contributed by atoms with Crippen molar-refractivity contribution in [2.45, 2.75) is 25.7 Å². The van der Waals surface area contributed by atoms with Gasteiger partial charge in [0.15, 0.2) is 0 Å². The van der Waals surface area contributed by atoms with E-state index in [1.165, 1.54) is 11.1 Å². The lowest BCUT2D eigenvalue weighted by atomic mass is 9.82. The minimum atomic E-state index is 0.201. The first-order valence-corrected chi connectivity index (χ1v) is 6.68. The number of carbonyl (C=O) groups excluding carboxylic acids is 3. The average Bonchev–Trinajstić information content (AvgIpc) is 2.49. The van der Waals surface area contributed by atoms with Crippen molar-refractivity contribution in [3.8, 4) is 0 Å². The van der Waals surface area contributed by atoms with Crippen LogP contribution in [-0.2, 0) is 14.4 Å². The van der Waals surface area contributed by atoms with Crippen molar-refractivity contribution in [3.63, 3.8) is 0 Å². The third-order valence-electron chi connectivity index (χ3n) is 3.34. The summed E-state index contributed by atoms with van der Waals surface area (Å²) in [4.78, 5) is 27.3. The Bertz CT molecular complexity index is 593. The Balaban J connectivity index is 0.000000677. The fraction of sp³-hybridized carbons (Fsp3) is 0.250. The summed E-state index contributed by atoms with van der Waals surface area (Å²) in [5.74, 6) is 0.201. The summed E-state index contributed by atoms with van der Waals surface area (Å²) in [6, 6.07) is 8.24. The van der Waals surface area contributed by atoms with E-state index < -0.39 is 0 Å². The van der Waals surface area contributed by atoms with Crippen molar-refractivity contribution in [2.75, 3.05) is 0 Å². The van der Waals surface area contributed by atoms with Gasteiger partial charge in [-0.05, 0) is 31.2 Å². The number of benzene rings is 1. The topological polar surface area (TPSA) is 71.4 Å². The highest BCUT2D eigenvalue weighted by Crippen LogP contribution is 2.40. The summed E-state index contributed by atoms with van der Waals surface area (Å²) >= 11 is 6.05. The minimum absolute atomic E-state index is 0.201. The number of allylic oxidation sites excluding steroid dienone is 3. The summed E-state index contributed by atoms with van der Waals surface area (Å²) in [5, 5.41) is 9.59. The van der Waals surface area contributed by atoms with Gasteiger partial charge in [-0.15, -0.1) is 0 Å². The van der Waals surface area contributed by atoms with Crippen molar-refractivity contribution in [2.24, 2.45) is 0 Å². The fourth-order valence-corrected chi connectivity index (χ4v) is 2.52. The zero-order valence-corrected chi connectivity index (χ0v) is 12.3. The van der Waals surface area contributed by atoms with E-state index in [1.54, 1.807) is 0 Å². The van der Waals surface area contributed by atoms with E-state index in [4.69, 9.17) is 21.2 Å². The Hall–Kier alpha value is -2.16. The lowest BCUT2D eigenvalue weighted by molar-refractivity contribution is -0.191. The second kappa shape index (κ2) is 8.20. The summed E-state index contributed by atoms with van der Waals surface area (Å²) < 4.78 is 0. The number of aliphatic hydroxyl groups is 1. The van der Waals surface area contributed by atoms with Crippen LogP contribution in [0.3, 0.4) is 0 Å². The number of hydrogen-bond donors (Lipinski definition) is 1. The third kappa shape index (κ3) is 4.42. The molecule has 0 spiro atoms. The molecule has 1 unspecified atom stereocenters. The van der Waals surface area contributed by atoms with Crippen LogP contribution in [0.15, 0.2) is 46.7 Å². The average molecular weight is 307 g/mol. The highest BCUT2D eigenvalue weighted by atomic mass is 35.5. The maximum atomic E-state index is 11.0. The van der Waals surface area contributed by atoms with Gasteiger partial charge in [-0.25, -0.2) is 0 Å². The van der Waals surface area contributed by atoms with Crippen molar-refractivity contribution in [1.29, 1.82) is 0 Å². The van der Waals surface area contributed by atoms with Gasteiger partial charge in [0.1, 0.15) is 6.29 Å². The monoisotopic (exact) mass is 306 g/mol. The second-order valence-electron chi connectivity index (χ2n) is 4.71. The number of halogens is 1. The maximum absolute atomic E-state index is 11.0. The molecule has 1 aromatic carbocycles. The first kappa shape index (κ1) is 16.9. The van der Waals surface area contributed by atoms with Crippen molar-refractivity contribution >= 4 is 24.0 Å². The highest BCUT2D eigenvalue weighted by molar-refractivity contribution is 6.33. The normalized spacial score (nSPS) is 19.5. The molecule has 4 nitrogen and oxygen atoms in total. The molecule has 110 valence electrons. The molecule has 1 aliphatic carbocycles. The minimum Gasteiger partial charge on any atom is -0.515 e. The van der Waals surface area contributed by atoms with Gasteiger partial charge >= 0.3 is 6.15 Å². The van der Waals surface area contributed by atoms with Gasteiger partial charge < -0.3 is 5.11 Å². The van der Waals surface area contributed by atoms with E-state index in [0.717, 1.165) is 12.5 Å². The lowest BCUT2D eigenvalue weighted by Crippen LogP contribution is -2.10. The van der Waals surface area contributed by atoms with E-state index in [-0.39, 0.29) is 12.1 Å². The molecule has 2 rings (SSSR count). The van der Waals surface area contributed by atoms with Crippen molar-refractivity contribution in [1.82, 2.24) is 0 Å². The Morgan fingerprint density at radius 3 is 2.29 bits per heavy atom. The number of carbonyl (C=O) groups is 1. The molecule has 0 amide bonds. The molecule has 0 bridgehead atoms. The SMILES string of the molecule is Cc1ccc(C2CC(C=O)=C(Cl)/C(=C/O)C2)cc1.O=C=O. The molecule has 0 aliphatic heterocycles. The maximum Gasteiger partial charge on any atom is 0.373 e. The van der Waals surface area contributed by atoms with Gasteiger partial charge in [-0.1, -0.05) is 41.4 Å². The molecule has 0 saturated carbocycles. The van der Waals surface area contributed by atoms with Gasteiger partial charge in [0, 0.05) is 11.1 Å². The van der Waals surface area contributed by atoms with Crippen LogP contribution in [-0.4, -0.2) is 17.5 Å². The van der Waals surface area contributed by atoms with Crippen molar-refractivity contribution < 1.29 is 19.5 Å². The molecule has 0 radical (unpaired) electrons. The van der Waals surface area contributed by atoms with E-state index in [1.807, 2.05) is 6.92 Å². The molecule has 0 aromatic heterocycles. The van der Waals surface area contributed by atoms with E-state index >= 15 is 0 Å². The molecule has 21 heavy (non-hydrogen) atoms. The van der Waals surface area contributed by atoms with Crippen LogP contribution in [0.25, 0.3) is 0 Å².